The predicted octanol–water partition coefficient (Wildman–Crippen LogP) is 2.08. The van der Waals surface area contributed by atoms with Crippen molar-refractivity contribution in [2.24, 2.45) is 0 Å². The predicted molar refractivity (Wildman–Crippen MR) is 35.0 cm³/mol. The van der Waals surface area contributed by atoms with Crippen LogP contribution in [0.15, 0.2) is 0 Å². The normalized spacial score (nSPS) is 10.2. The Morgan fingerprint density at radius 2 is 1.67 bits per heavy atom. The van der Waals surface area contributed by atoms with E-state index in [4.69, 9.17) is 0 Å². The average molecular weight is 127 g/mol. The van der Waals surface area contributed by atoms with Gasteiger partial charge in [-0.3, -0.25) is 0 Å². The number of rotatable bonds is 0. The Kier molecular flexibility index (Phi) is 1.31. The van der Waals surface area contributed by atoms with Gasteiger partial charge in [0, 0.05) is 11.3 Å². The summed E-state index contributed by atoms with van der Waals surface area (Å²) in [4.78, 5) is 2.61. The van der Waals surface area contributed by atoms with Crippen LogP contribution < -0.4 is 0 Å². The maximum Gasteiger partial charge on any atom is 0.194 e. The van der Waals surface area contributed by atoms with Gasteiger partial charge in [0.1, 0.15) is 0 Å². The first kappa shape index (κ1) is 6.33. The zero-order valence-electron chi connectivity index (χ0n) is 5.88. The Bertz CT molecular complexity index is 203. The lowest BCUT2D eigenvalue weighted by Gasteiger charge is -1.86. The molecule has 1 N–H and O–H groups in total. The number of aromatic nitrogens is 1. The van der Waals surface area contributed by atoms with E-state index in [0.29, 0.717) is 0 Å². The molecule has 0 fully saturated rings. The van der Waals surface area contributed by atoms with Gasteiger partial charge < -0.3 is 4.98 Å². The van der Waals surface area contributed by atoms with E-state index in [1.165, 1.54) is 0 Å². The summed E-state index contributed by atoms with van der Waals surface area (Å²) in [7, 11) is 0. The van der Waals surface area contributed by atoms with Gasteiger partial charge in [-0.1, -0.05) is 0 Å². The van der Waals surface area contributed by atoms with Gasteiger partial charge in [-0.15, -0.1) is 0 Å². The minimum atomic E-state index is -0.204. The second-order valence-electron chi connectivity index (χ2n) is 2.31. The Labute approximate surface area is 53.9 Å². The van der Waals surface area contributed by atoms with Crippen LogP contribution in [0, 0.1) is 26.7 Å². The standard InChI is InChI=1S/C7H10FN/c1-4-5(2)7(8)9-6(4)3/h9H,1-3H3. The summed E-state index contributed by atoms with van der Waals surface area (Å²) in [6.45, 7) is 5.55. The summed E-state index contributed by atoms with van der Waals surface area (Å²) in [5, 5.41) is 0. The number of hydrogen-bond donors (Lipinski definition) is 1. The molecule has 1 heterocycles. The molecule has 0 spiro atoms. The summed E-state index contributed by atoms with van der Waals surface area (Å²) in [5.41, 5.74) is 2.67. The molecule has 1 aromatic rings. The molecule has 1 aromatic heterocycles. The molecule has 2 heteroatoms. The van der Waals surface area contributed by atoms with Crippen LogP contribution in [-0.4, -0.2) is 4.98 Å². The minimum absolute atomic E-state index is 0.204. The molecule has 9 heavy (non-hydrogen) atoms. The van der Waals surface area contributed by atoms with Gasteiger partial charge in [-0.2, -0.15) is 4.39 Å². The fourth-order valence-electron chi connectivity index (χ4n) is 0.798. The first-order valence-electron chi connectivity index (χ1n) is 2.94. The number of aromatic amines is 1. The topological polar surface area (TPSA) is 15.8 Å². The molecule has 0 aliphatic rings. The molecule has 0 saturated carbocycles. The highest BCUT2D eigenvalue weighted by Crippen LogP contribution is 2.13. The maximum absolute atomic E-state index is 12.5. The number of H-pyrrole nitrogens is 1. The SMILES string of the molecule is Cc1[nH]c(F)c(C)c1C. The highest BCUT2D eigenvalue weighted by atomic mass is 19.1. The molecule has 50 valence electrons. The van der Waals surface area contributed by atoms with Crippen LogP contribution in [0.1, 0.15) is 16.8 Å². The molecular formula is C7H10FN. The molecule has 0 aliphatic carbocycles. The summed E-state index contributed by atoms with van der Waals surface area (Å²) in [6, 6.07) is 0. The Balaban J connectivity index is 3.29. The van der Waals surface area contributed by atoms with Crippen molar-refractivity contribution in [1.82, 2.24) is 4.98 Å². The highest BCUT2D eigenvalue weighted by Gasteiger charge is 2.04. The van der Waals surface area contributed by atoms with Gasteiger partial charge in [-0.05, 0) is 26.3 Å². The smallest absolute Gasteiger partial charge is 0.194 e. The van der Waals surface area contributed by atoms with E-state index in [2.05, 4.69) is 4.98 Å². The molecule has 0 unspecified atom stereocenters. The fraction of sp³-hybridized carbons (Fsp3) is 0.429. The van der Waals surface area contributed by atoms with Crippen LogP contribution in [0.2, 0.25) is 0 Å². The molecule has 0 saturated heterocycles. The Morgan fingerprint density at radius 3 is 1.78 bits per heavy atom. The van der Waals surface area contributed by atoms with Crippen molar-refractivity contribution in [2.45, 2.75) is 20.8 Å². The van der Waals surface area contributed by atoms with Crippen LogP contribution >= 0.6 is 0 Å². The van der Waals surface area contributed by atoms with Crippen LogP contribution in [0.4, 0.5) is 4.39 Å². The average Bonchev–Trinajstić information content (AvgIpc) is 1.98. The van der Waals surface area contributed by atoms with Crippen LogP contribution in [-0.2, 0) is 0 Å². The first-order chi connectivity index (χ1) is 4.13. The van der Waals surface area contributed by atoms with Gasteiger partial charge in [-0.25, -0.2) is 0 Å². The summed E-state index contributed by atoms with van der Waals surface area (Å²) in [6.07, 6.45) is 0. The van der Waals surface area contributed by atoms with E-state index < -0.39 is 0 Å². The quantitative estimate of drug-likeness (QED) is 0.549. The van der Waals surface area contributed by atoms with Gasteiger partial charge in [0.25, 0.3) is 0 Å². The van der Waals surface area contributed by atoms with Gasteiger partial charge >= 0.3 is 0 Å². The van der Waals surface area contributed by atoms with Gasteiger partial charge in [0.05, 0.1) is 0 Å². The molecule has 1 rings (SSSR count). The molecule has 0 atom stereocenters. The van der Waals surface area contributed by atoms with Crippen molar-refractivity contribution >= 4 is 0 Å². The summed E-state index contributed by atoms with van der Waals surface area (Å²) < 4.78 is 12.5. The van der Waals surface area contributed by atoms with Gasteiger partial charge in [0.15, 0.2) is 5.95 Å². The van der Waals surface area contributed by atoms with E-state index in [-0.39, 0.29) is 5.95 Å². The van der Waals surface area contributed by atoms with Gasteiger partial charge in [0.2, 0.25) is 0 Å². The lowest BCUT2D eigenvalue weighted by molar-refractivity contribution is 0.581. The minimum Gasteiger partial charge on any atom is -0.335 e. The summed E-state index contributed by atoms with van der Waals surface area (Å²) >= 11 is 0. The second kappa shape index (κ2) is 1.87. The van der Waals surface area contributed by atoms with Crippen molar-refractivity contribution in [2.75, 3.05) is 0 Å². The third kappa shape index (κ3) is 0.846. The zero-order valence-corrected chi connectivity index (χ0v) is 5.88. The molecule has 0 aliphatic heterocycles. The third-order valence-corrected chi connectivity index (χ3v) is 1.75. The number of hydrogen-bond acceptors (Lipinski definition) is 0. The second-order valence-corrected chi connectivity index (χ2v) is 2.31. The van der Waals surface area contributed by atoms with E-state index in [1.807, 2.05) is 13.8 Å². The van der Waals surface area contributed by atoms with E-state index >= 15 is 0 Å². The van der Waals surface area contributed by atoms with Crippen molar-refractivity contribution in [3.63, 3.8) is 0 Å². The molecule has 1 nitrogen and oxygen atoms in total. The molecule has 0 bridgehead atoms. The lowest BCUT2D eigenvalue weighted by atomic mass is 10.2. The zero-order chi connectivity index (χ0) is 7.02. The lowest BCUT2D eigenvalue weighted by Crippen LogP contribution is -1.74. The van der Waals surface area contributed by atoms with Crippen molar-refractivity contribution in [3.05, 3.63) is 22.8 Å². The number of nitrogens with one attached hydrogen (secondary N) is 1. The van der Waals surface area contributed by atoms with Crippen molar-refractivity contribution in [3.8, 4) is 0 Å². The molecule has 0 amide bonds. The molecular weight excluding hydrogens is 117 g/mol. The Hall–Kier alpha value is -0.790. The maximum atomic E-state index is 12.5. The Morgan fingerprint density at radius 1 is 1.11 bits per heavy atom. The number of halogens is 1. The van der Waals surface area contributed by atoms with Crippen molar-refractivity contribution in [1.29, 1.82) is 0 Å². The van der Waals surface area contributed by atoms with E-state index in [0.717, 1.165) is 16.8 Å². The van der Waals surface area contributed by atoms with Crippen molar-refractivity contribution < 1.29 is 4.39 Å². The van der Waals surface area contributed by atoms with E-state index in [9.17, 15) is 4.39 Å². The van der Waals surface area contributed by atoms with Crippen LogP contribution in [0.5, 0.6) is 0 Å². The number of aryl methyl sites for hydroxylation is 1. The van der Waals surface area contributed by atoms with Crippen LogP contribution in [0.3, 0.4) is 0 Å². The first-order valence-corrected chi connectivity index (χ1v) is 2.94. The fourth-order valence-corrected chi connectivity index (χ4v) is 0.798. The molecule has 0 radical (unpaired) electrons. The third-order valence-electron chi connectivity index (χ3n) is 1.75. The summed E-state index contributed by atoms with van der Waals surface area (Å²) in [5.74, 6) is -0.204. The largest absolute Gasteiger partial charge is 0.335 e. The molecule has 0 aromatic carbocycles. The van der Waals surface area contributed by atoms with Crippen LogP contribution in [0.25, 0.3) is 0 Å². The van der Waals surface area contributed by atoms with E-state index in [1.54, 1.807) is 6.92 Å². The monoisotopic (exact) mass is 127 g/mol. The highest BCUT2D eigenvalue weighted by molar-refractivity contribution is 5.28.